The van der Waals surface area contributed by atoms with Crippen LogP contribution in [0.1, 0.15) is 76.3 Å². The van der Waals surface area contributed by atoms with Gasteiger partial charge in [-0.1, -0.05) is 24.8 Å². The second kappa shape index (κ2) is 11.9. The molecule has 0 unspecified atom stereocenters. The lowest BCUT2D eigenvalue weighted by Crippen LogP contribution is -2.35. The van der Waals surface area contributed by atoms with Crippen LogP contribution in [0.4, 0.5) is 14.6 Å². The van der Waals surface area contributed by atoms with Crippen LogP contribution in [0.5, 0.6) is 0 Å². The predicted molar refractivity (Wildman–Crippen MR) is 160 cm³/mol. The summed E-state index contributed by atoms with van der Waals surface area (Å²) in [5.41, 5.74) is 2.46. The summed E-state index contributed by atoms with van der Waals surface area (Å²) in [7, 11) is 1.98. The van der Waals surface area contributed by atoms with Crippen LogP contribution in [0.3, 0.4) is 0 Å². The first-order chi connectivity index (χ1) is 21.3. The number of rotatable bonds is 11. The van der Waals surface area contributed by atoms with Crippen LogP contribution in [0.2, 0.25) is 0 Å². The Hall–Kier alpha value is -2.74. The number of nitrogens with zero attached hydrogens (tertiary/aromatic N) is 4. The van der Waals surface area contributed by atoms with Crippen LogP contribution < -0.4 is 5.32 Å². The molecule has 13 heteroatoms. The zero-order chi connectivity index (χ0) is 30.6. The number of halogens is 2. The summed E-state index contributed by atoms with van der Waals surface area (Å²) in [5.74, 6) is -0.986. The average molecular weight is 632 g/mol. The van der Waals surface area contributed by atoms with E-state index in [1.807, 2.05) is 7.05 Å². The van der Waals surface area contributed by atoms with Gasteiger partial charge in [0.2, 0.25) is 0 Å². The Labute approximate surface area is 259 Å². The molecular formula is C31H39F2N5O5S. The van der Waals surface area contributed by atoms with Crippen molar-refractivity contribution in [1.29, 1.82) is 0 Å². The minimum atomic E-state index is -0.839. The van der Waals surface area contributed by atoms with E-state index in [0.717, 1.165) is 66.8 Å². The predicted octanol–water partition coefficient (Wildman–Crippen LogP) is 5.47. The molecule has 44 heavy (non-hydrogen) atoms. The molecule has 0 bridgehead atoms. The Kier molecular flexibility index (Phi) is 8.09. The van der Waals surface area contributed by atoms with Gasteiger partial charge in [-0.2, -0.15) is 0 Å². The summed E-state index contributed by atoms with van der Waals surface area (Å²) in [6.07, 6.45) is 5.29. The number of benzene rings is 1. The third-order valence-electron chi connectivity index (χ3n) is 9.27. The van der Waals surface area contributed by atoms with Gasteiger partial charge in [0.1, 0.15) is 24.3 Å². The van der Waals surface area contributed by atoms with Crippen molar-refractivity contribution in [3.63, 3.8) is 0 Å². The normalized spacial score (nSPS) is 28.7. The minimum absolute atomic E-state index is 0.0515. The second-order valence-corrected chi connectivity index (χ2v) is 13.3. The Morgan fingerprint density at radius 3 is 2.68 bits per heavy atom. The molecule has 6 atom stereocenters. The zero-order valence-corrected chi connectivity index (χ0v) is 26.1. The Morgan fingerprint density at radius 2 is 1.93 bits per heavy atom. The standard InChI is InChI=1S/C31H39F2N5O5S/c1-4-12-44-30-35-28(34-21-14-18(21)17-8-9-19(32)20(33)13-17)25-29(36-30)38(37(25)3)22-15-23(41-16-24(39)40-5-2)27-26(22)42-31(43-27)10-6-7-11-31/h8-9,13,18,21-23,26-27H,4-7,10-12,14-16H2,1-3H3,(H,34,35,36)/t18-,21+,22+,23-,26-,27+/m0/s1. The summed E-state index contributed by atoms with van der Waals surface area (Å²) in [6.45, 7) is 4.07. The first kappa shape index (κ1) is 29.9. The van der Waals surface area contributed by atoms with Crippen molar-refractivity contribution in [2.75, 3.05) is 24.3 Å². The van der Waals surface area contributed by atoms with Gasteiger partial charge in [0, 0.05) is 44.0 Å². The largest absolute Gasteiger partial charge is 0.464 e. The number of aromatic nitrogens is 4. The monoisotopic (exact) mass is 631 g/mol. The lowest BCUT2D eigenvalue weighted by molar-refractivity contribution is -0.191. The van der Waals surface area contributed by atoms with E-state index in [0.29, 0.717) is 18.2 Å². The van der Waals surface area contributed by atoms with Gasteiger partial charge in [0.25, 0.3) is 0 Å². The maximum atomic E-state index is 13.9. The van der Waals surface area contributed by atoms with Gasteiger partial charge in [-0.05, 0) is 50.3 Å². The molecule has 1 N–H and O–H groups in total. The lowest BCUT2D eigenvalue weighted by Gasteiger charge is -2.32. The molecule has 0 radical (unpaired) electrons. The highest BCUT2D eigenvalue weighted by Crippen LogP contribution is 2.52. The number of hydrogen-bond acceptors (Lipinski definition) is 9. The lowest BCUT2D eigenvalue weighted by atomic mass is 10.1. The molecular weight excluding hydrogens is 592 g/mol. The molecule has 238 valence electrons. The molecule has 3 heterocycles. The number of carbonyl (C=O) groups is 1. The van der Waals surface area contributed by atoms with Gasteiger partial charge in [-0.3, -0.25) is 9.36 Å². The van der Waals surface area contributed by atoms with Crippen molar-refractivity contribution < 1.29 is 32.5 Å². The zero-order valence-electron chi connectivity index (χ0n) is 25.3. The van der Waals surface area contributed by atoms with Gasteiger partial charge >= 0.3 is 5.97 Å². The van der Waals surface area contributed by atoms with Crippen molar-refractivity contribution in [1.82, 2.24) is 19.3 Å². The molecule has 4 aliphatic rings. The first-order valence-electron chi connectivity index (χ1n) is 15.7. The highest BCUT2D eigenvalue weighted by Gasteiger charge is 2.59. The van der Waals surface area contributed by atoms with Crippen LogP contribution in [-0.2, 0) is 30.8 Å². The number of carbonyl (C=O) groups excluding carboxylic acids is 1. The van der Waals surface area contributed by atoms with Crippen molar-refractivity contribution in [3.05, 3.63) is 35.4 Å². The van der Waals surface area contributed by atoms with Crippen molar-refractivity contribution in [3.8, 4) is 0 Å². The summed E-state index contributed by atoms with van der Waals surface area (Å²) >= 11 is 1.61. The fourth-order valence-corrected chi connectivity index (χ4v) is 7.84. The number of aryl methyl sites for hydroxylation is 1. The van der Waals surface area contributed by atoms with E-state index < -0.39 is 23.4 Å². The highest BCUT2D eigenvalue weighted by atomic mass is 32.2. The summed E-state index contributed by atoms with van der Waals surface area (Å²) in [5, 5.41) is 4.25. The molecule has 1 saturated heterocycles. The van der Waals surface area contributed by atoms with Gasteiger partial charge in [0.05, 0.1) is 18.8 Å². The van der Waals surface area contributed by atoms with Crippen LogP contribution >= 0.6 is 11.8 Å². The molecule has 3 aliphatic carbocycles. The van der Waals surface area contributed by atoms with Crippen molar-refractivity contribution in [2.45, 2.75) is 106 Å². The summed E-state index contributed by atoms with van der Waals surface area (Å²) < 4.78 is 56.2. The van der Waals surface area contributed by atoms with Gasteiger partial charge in [0.15, 0.2) is 34.0 Å². The van der Waals surface area contributed by atoms with Crippen LogP contribution in [0.15, 0.2) is 23.4 Å². The molecule has 10 nitrogen and oxygen atoms in total. The van der Waals surface area contributed by atoms with Gasteiger partial charge < -0.3 is 24.3 Å². The average Bonchev–Trinajstić information content (AvgIpc) is 3.30. The molecule has 1 aromatic carbocycles. The Morgan fingerprint density at radius 1 is 1.14 bits per heavy atom. The smallest absolute Gasteiger partial charge is 0.332 e. The highest BCUT2D eigenvalue weighted by molar-refractivity contribution is 7.99. The van der Waals surface area contributed by atoms with E-state index in [2.05, 4.69) is 21.6 Å². The van der Waals surface area contributed by atoms with Crippen LogP contribution in [0.25, 0.3) is 11.2 Å². The number of hydrogen-bond donors (Lipinski definition) is 1. The maximum absolute atomic E-state index is 13.9. The maximum Gasteiger partial charge on any atom is 0.332 e. The molecule has 4 fully saturated rings. The third-order valence-corrected chi connectivity index (χ3v) is 10.3. The molecule has 1 spiro atoms. The number of thioether (sulfide) groups is 1. The Bertz CT molecular complexity index is 1540. The molecule has 3 aromatic rings. The molecule has 7 rings (SSSR count). The second-order valence-electron chi connectivity index (χ2n) is 12.3. The van der Waals surface area contributed by atoms with E-state index in [1.54, 1.807) is 24.8 Å². The number of fused-ring (bicyclic) bond motifs is 2. The fraction of sp³-hybridized carbons (Fsp3) is 0.645. The SMILES string of the molecule is CCCSc1nc(N[C@@H]2C[C@H]2c2ccc(F)c(F)c2)c2c(n1)n([C@@H]1C[C@H](OCC(=O)OCC)[C@H]3OC4(CCCC4)O[C@H]31)n2C. The summed E-state index contributed by atoms with van der Waals surface area (Å²) in [6, 6.07) is 4.05. The van der Waals surface area contributed by atoms with E-state index >= 15 is 0 Å². The quantitative estimate of drug-likeness (QED) is 0.168. The van der Waals surface area contributed by atoms with E-state index in [9.17, 15) is 13.6 Å². The third kappa shape index (κ3) is 5.39. The van der Waals surface area contributed by atoms with E-state index in [4.69, 9.17) is 28.9 Å². The van der Waals surface area contributed by atoms with Crippen LogP contribution in [-0.4, -0.2) is 74.4 Å². The van der Waals surface area contributed by atoms with Crippen molar-refractivity contribution in [2.24, 2.45) is 7.05 Å². The molecule has 3 saturated carbocycles. The van der Waals surface area contributed by atoms with E-state index in [-0.39, 0.29) is 42.9 Å². The van der Waals surface area contributed by atoms with Gasteiger partial charge in [-0.25, -0.2) is 23.5 Å². The Balaban J connectivity index is 1.18. The van der Waals surface area contributed by atoms with Gasteiger partial charge in [-0.15, -0.1) is 0 Å². The number of esters is 1. The number of nitrogens with one attached hydrogen (secondary N) is 1. The van der Waals surface area contributed by atoms with Crippen LogP contribution in [0, 0.1) is 11.6 Å². The molecule has 0 amide bonds. The number of anilines is 1. The molecule has 1 aliphatic heterocycles. The minimum Gasteiger partial charge on any atom is -0.464 e. The first-order valence-corrected chi connectivity index (χ1v) is 16.7. The molecule has 2 aromatic heterocycles. The van der Waals surface area contributed by atoms with E-state index in [1.165, 1.54) is 12.1 Å². The summed E-state index contributed by atoms with van der Waals surface area (Å²) in [4.78, 5) is 22.0. The topological polar surface area (TPSA) is 102 Å². The number of ether oxygens (including phenoxy) is 4. The fourth-order valence-electron chi connectivity index (χ4n) is 7.14. The van der Waals surface area contributed by atoms with Crippen molar-refractivity contribution >= 4 is 34.7 Å².